The molecular formula is C15H16ClN3O. The fraction of sp³-hybridized carbons (Fsp3) is 0.333. The molecule has 4 nitrogen and oxygen atoms in total. The van der Waals surface area contributed by atoms with Crippen molar-refractivity contribution >= 4 is 23.2 Å². The molecule has 1 aromatic carbocycles. The first-order valence-corrected chi connectivity index (χ1v) is 7.17. The number of ketones is 1. The van der Waals surface area contributed by atoms with Crippen LogP contribution in [0.3, 0.4) is 0 Å². The Balaban J connectivity index is 1.97. The first kappa shape index (κ1) is 13.2. The summed E-state index contributed by atoms with van der Waals surface area (Å²) < 4.78 is 0. The van der Waals surface area contributed by atoms with Crippen LogP contribution >= 0.6 is 11.6 Å². The molecule has 1 saturated heterocycles. The third kappa shape index (κ3) is 2.31. The number of amidine groups is 1. The standard InChI is InChI=1S/C15H16ClN3O/c16-11-4-2-10(3-5-11)14(20)12-6-7-13(17)19-9-1-8-18-15(12)19/h2-5,17-18H,1,6-9H2. The summed E-state index contributed by atoms with van der Waals surface area (Å²) in [5.41, 5.74) is 1.43. The Morgan fingerprint density at radius 2 is 2.00 bits per heavy atom. The van der Waals surface area contributed by atoms with E-state index in [0.717, 1.165) is 30.9 Å². The second kappa shape index (κ2) is 5.29. The maximum atomic E-state index is 12.6. The lowest BCUT2D eigenvalue weighted by Crippen LogP contribution is -2.46. The van der Waals surface area contributed by atoms with Gasteiger partial charge in [-0.15, -0.1) is 0 Å². The number of halogens is 1. The van der Waals surface area contributed by atoms with Crippen LogP contribution in [-0.4, -0.2) is 29.6 Å². The Morgan fingerprint density at radius 3 is 2.75 bits per heavy atom. The molecule has 0 aromatic heterocycles. The van der Waals surface area contributed by atoms with E-state index in [0.29, 0.717) is 29.3 Å². The minimum atomic E-state index is 0.0311. The molecule has 1 fully saturated rings. The molecule has 2 aliphatic rings. The highest BCUT2D eigenvalue weighted by Gasteiger charge is 2.30. The highest BCUT2D eigenvalue weighted by molar-refractivity contribution is 6.30. The van der Waals surface area contributed by atoms with Crippen LogP contribution in [0.25, 0.3) is 0 Å². The maximum absolute atomic E-state index is 12.6. The highest BCUT2D eigenvalue weighted by atomic mass is 35.5. The van der Waals surface area contributed by atoms with Crippen molar-refractivity contribution in [2.75, 3.05) is 13.1 Å². The Bertz CT molecular complexity index is 592. The zero-order valence-electron chi connectivity index (χ0n) is 11.1. The molecule has 2 N–H and O–H groups in total. The molecular weight excluding hydrogens is 274 g/mol. The molecule has 0 aliphatic carbocycles. The van der Waals surface area contributed by atoms with Gasteiger partial charge in [0.25, 0.3) is 0 Å². The molecule has 0 saturated carbocycles. The van der Waals surface area contributed by atoms with Gasteiger partial charge >= 0.3 is 0 Å². The van der Waals surface area contributed by atoms with E-state index in [1.165, 1.54) is 0 Å². The summed E-state index contributed by atoms with van der Waals surface area (Å²) in [6, 6.07) is 6.98. The van der Waals surface area contributed by atoms with Gasteiger partial charge in [-0.1, -0.05) is 11.6 Å². The van der Waals surface area contributed by atoms with Crippen LogP contribution in [0.15, 0.2) is 35.7 Å². The fourth-order valence-electron chi connectivity index (χ4n) is 2.68. The Labute approximate surface area is 122 Å². The summed E-state index contributed by atoms with van der Waals surface area (Å²) in [7, 11) is 0. The van der Waals surface area contributed by atoms with Crippen LogP contribution in [0.1, 0.15) is 29.6 Å². The third-order valence-electron chi connectivity index (χ3n) is 3.72. The molecule has 1 aromatic rings. The maximum Gasteiger partial charge on any atom is 0.192 e. The summed E-state index contributed by atoms with van der Waals surface area (Å²) in [6.07, 6.45) is 2.24. The zero-order valence-corrected chi connectivity index (χ0v) is 11.8. The molecule has 0 radical (unpaired) electrons. The molecule has 3 rings (SSSR count). The predicted molar refractivity (Wildman–Crippen MR) is 79.1 cm³/mol. The molecule has 0 amide bonds. The van der Waals surface area contributed by atoms with Gasteiger partial charge in [0.2, 0.25) is 0 Å². The van der Waals surface area contributed by atoms with Crippen molar-refractivity contribution in [3.05, 3.63) is 46.2 Å². The first-order chi connectivity index (χ1) is 9.66. The summed E-state index contributed by atoms with van der Waals surface area (Å²) >= 11 is 5.86. The number of allylic oxidation sites excluding steroid dienone is 1. The Hall–Kier alpha value is -1.81. The Kier molecular flexibility index (Phi) is 3.49. The van der Waals surface area contributed by atoms with Crippen molar-refractivity contribution < 1.29 is 4.79 Å². The lowest BCUT2D eigenvalue weighted by Gasteiger charge is -2.37. The minimum absolute atomic E-state index is 0.0311. The van der Waals surface area contributed by atoms with Crippen LogP contribution in [0.4, 0.5) is 0 Å². The van der Waals surface area contributed by atoms with Gasteiger partial charge in [-0.2, -0.15) is 0 Å². The van der Waals surface area contributed by atoms with Crippen molar-refractivity contribution in [2.24, 2.45) is 0 Å². The van der Waals surface area contributed by atoms with Gasteiger partial charge in [0.15, 0.2) is 5.78 Å². The normalized spacial score (nSPS) is 18.6. The highest BCUT2D eigenvalue weighted by Crippen LogP contribution is 2.27. The fourth-order valence-corrected chi connectivity index (χ4v) is 2.81. The van der Waals surface area contributed by atoms with E-state index < -0.39 is 0 Å². The minimum Gasteiger partial charge on any atom is -0.371 e. The second-order valence-electron chi connectivity index (χ2n) is 5.04. The van der Waals surface area contributed by atoms with Crippen LogP contribution in [0.5, 0.6) is 0 Å². The average Bonchev–Trinajstić information content (AvgIpc) is 2.48. The van der Waals surface area contributed by atoms with Crippen LogP contribution in [0.2, 0.25) is 5.02 Å². The molecule has 5 heteroatoms. The number of nitrogens with one attached hydrogen (secondary N) is 2. The number of carbonyl (C=O) groups is 1. The van der Waals surface area contributed by atoms with Crippen molar-refractivity contribution in [3.63, 3.8) is 0 Å². The number of hydrogen-bond donors (Lipinski definition) is 2. The predicted octanol–water partition coefficient (Wildman–Crippen LogP) is 2.80. The van der Waals surface area contributed by atoms with Gasteiger partial charge in [0.1, 0.15) is 11.7 Å². The number of fused-ring (bicyclic) bond motifs is 1. The van der Waals surface area contributed by atoms with Gasteiger partial charge in [-0.3, -0.25) is 10.2 Å². The number of carbonyl (C=O) groups excluding carboxylic acids is 1. The monoisotopic (exact) mass is 289 g/mol. The van der Waals surface area contributed by atoms with E-state index in [2.05, 4.69) is 5.32 Å². The SMILES string of the molecule is N=C1CCC(C(=O)c2ccc(Cl)cc2)=C2NCCCN12. The van der Waals surface area contributed by atoms with Gasteiger partial charge in [0.05, 0.1) is 0 Å². The van der Waals surface area contributed by atoms with Gasteiger partial charge in [0, 0.05) is 35.7 Å². The molecule has 2 heterocycles. The summed E-state index contributed by atoms with van der Waals surface area (Å²) in [5, 5.41) is 11.9. The molecule has 0 bridgehead atoms. The van der Waals surface area contributed by atoms with E-state index in [1.54, 1.807) is 24.3 Å². The van der Waals surface area contributed by atoms with Crippen molar-refractivity contribution in [3.8, 4) is 0 Å². The molecule has 104 valence electrons. The van der Waals surface area contributed by atoms with Crippen LogP contribution < -0.4 is 5.32 Å². The Morgan fingerprint density at radius 1 is 1.25 bits per heavy atom. The smallest absolute Gasteiger partial charge is 0.192 e. The number of benzene rings is 1. The largest absolute Gasteiger partial charge is 0.371 e. The second-order valence-corrected chi connectivity index (χ2v) is 5.48. The molecule has 0 atom stereocenters. The summed E-state index contributed by atoms with van der Waals surface area (Å²) in [4.78, 5) is 14.6. The summed E-state index contributed by atoms with van der Waals surface area (Å²) in [6.45, 7) is 1.68. The van der Waals surface area contributed by atoms with Crippen molar-refractivity contribution in [2.45, 2.75) is 19.3 Å². The quantitative estimate of drug-likeness (QED) is 0.823. The summed E-state index contributed by atoms with van der Waals surface area (Å²) in [5.74, 6) is 1.45. The average molecular weight is 290 g/mol. The van der Waals surface area contributed by atoms with Crippen LogP contribution in [-0.2, 0) is 0 Å². The van der Waals surface area contributed by atoms with E-state index >= 15 is 0 Å². The molecule has 0 spiro atoms. The molecule has 0 unspecified atom stereocenters. The van der Waals surface area contributed by atoms with Gasteiger partial charge < -0.3 is 10.2 Å². The lowest BCUT2D eigenvalue weighted by atomic mass is 9.95. The van der Waals surface area contributed by atoms with Crippen LogP contribution in [0, 0.1) is 5.41 Å². The number of hydrogen-bond acceptors (Lipinski definition) is 3. The van der Waals surface area contributed by atoms with Gasteiger partial charge in [-0.05, 0) is 37.1 Å². The van der Waals surface area contributed by atoms with E-state index in [1.807, 2.05) is 4.90 Å². The first-order valence-electron chi connectivity index (χ1n) is 6.79. The topological polar surface area (TPSA) is 56.2 Å². The van der Waals surface area contributed by atoms with E-state index in [4.69, 9.17) is 17.0 Å². The zero-order chi connectivity index (χ0) is 14.1. The number of rotatable bonds is 2. The number of nitrogens with zero attached hydrogens (tertiary/aromatic N) is 1. The van der Waals surface area contributed by atoms with E-state index in [9.17, 15) is 4.79 Å². The lowest BCUT2D eigenvalue weighted by molar-refractivity contribution is 0.102. The molecule has 2 aliphatic heterocycles. The number of Topliss-reactive ketones (excluding diaryl/α,β-unsaturated/α-hetero) is 1. The molecule has 20 heavy (non-hydrogen) atoms. The van der Waals surface area contributed by atoms with Crippen molar-refractivity contribution in [1.29, 1.82) is 5.41 Å². The third-order valence-corrected chi connectivity index (χ3v) is 3.98. The van der Waals surface area contributed by atoms with Crippen molar-refractivity contribution in [1.82, 2.24) is 10.2 Å². The van der Waals surface area contributed by atoms with E-state index in [-0.39, 0.29) is 5.78 Å². The van der Waals surface area contributed by atoms with Gasteiger partial charge in [-0.25, -0.2) is 0 Å².